The van der Waals surface area contributed by atoms with Gasteiger partial charge in [-0.15, -0.1) is 0 Å². The lowest BCUT2D eigenvalue weighted by molar-refractivity contribution is 0.0947. The SMILES string of the molecule is O=C(NCc1ccc(F)c(Cl)c1)c1cc2ccccc2[nH]1. The molecule has 21 heavy (non-hydrogen) atoms. The Kier molecular flexibility index (Phi) is 3.62. The van der Waals surface area contributed by atoms with E-state index in [1.54, 1.807) is 12.1 Å². The van der Waals surface area contributed by atoms with Gasteiger partial charge in [-0.25, -0.2) is 4.39 Å². The molecule has 0 saturated heterocycles. The average molecular weight is 303 g/mol. The predicted molar refractivity (Wildman–Crippen MR) is 80.9 cm³/mol. The van der Waals surface area contributed by atoms with E-state index in [4.69, 9.17) is 11.6 Å². The molecule has 5 heteroatoms. The smallest absolute Gasteiger partial charge is 0.267 e. The highest BCUT2D eigenvalue weighted by Crippen LogP contribution is 2.17. The molecule has 2 aromatic carbocycles. The third kappa shape index (κ3) is 2.90. The summed E-state index contributed by atoms with van der Waals surface area (Å²) in [6.07, 6.45) is 0. The molecule has 0 radical (unpaired) electrons. The minimum atomic E-state index is -0.470. The van der Waals surface area contributed by atoms with Crippen molar-refractivity contribution < 1.29 is 9.18 Å². The molecule has 0 unspecified atom stereocenters. The predicted octanol–water partition coefficient (Wildman–Crippen LogP) is 3.89. The van der Waals surface area contributed by atoms with E-state index in [0.717, 1.165) is 16.5 Å². The fourth-order valence-corrected chi connectivity index (χ4v) is 2.33. The Morgan fingerprint density at radius 1 is 1.19 bits per heavy atom. The second-order valence-electron chi connectivity index (χ2n) is 4.70. The van der Waals surface area contributed by atoms with Crippen LogP contribution in [0.4, 0.5) is 4.39 Å². The molecule has 2 N–H and O–H groups in total. The van der Waals surface area contributed by atoms with Crippen molar-refractivity contribution in [3.05, 3.63) is 70.6 Å². The van der Waals surface area contributed by atoms with Crippen molar-refractivity contribution >= 4 is 28.4 Å². The zero-order chi connectivity index (χ0) is 14.8. The van der Waals surface area contributed by atoms with Crippen molar-refractivity contribution in [3.63, 3.8) is 0 Å². The molecule has 0 aliphatic heterocycles. The number of amides is 1. The average Bonchev–Trinajstić information content (AvgIpc) is 2.92. The number of para-hydroxylation sites is 1. The van der Waals surface area contributed by atoms with Crippen molar-refractivity contribution in [1.82, 2.24) is 10.3 Å². The highest BCUT2D eigenvalue weighted by Gasteiger charge is 2.09. The van der Waals surface area contributed by atoms with Crippen LogP contribution in [0.3, 0.4) is 0 Å². The van der Waals surface area contributed by atoms with Gasteiger partial charge in [0.1, 0.15) is 11.5 Å². The van der Waals surface area contributed by atoms with Gasteiger partial charge < -0.3 is 10.3 Å². The Bertz CT molecular complexity index is 780. The summed E-state index contributed by atoms with van der Waals surface area (Å²) in [5, 5.41) is 3.80. The Morgan fingerprint density at radius 2 is 2.00 bits per heavy atom. The van der Waals surface area contributed by atoms with Crippen LogP contribution in [0.1, 0.15) is 16.1 Å². The highest BCUT2D eigenvalue weighted by atomic mass is 35.5. The van der Waals surface area contributed by atoms with Gasteiger partial charge in [0, 0.05) is 17.4 Å². The Labute approximate surface area is 125 Å². The molecule has 106 valence electrons. The zero-order valence-electron chi connectivity index (χ0n) is 11.0. The van der Waals surface area contributed by atoms with E-state index < -0.39 is 5.82 Å². The minimum Gasteiger partial charge on any atom is -0.351 e. The van der Waals surface area contributed by atoms with Gasteiger partial charge in [-0.3, -0.25) is 4.79 Å². The zero-order valence-corrected chi connectivity index (χ0v) is 11.7. The first-order valence-corrected chi connectivity index (χ1v) is 6.81. The summed E-state index contributed by atoms with van der Waals surface area (Å²) in [5.41, 5.74) is 2.14. The van der Waals surface area contributed by atoms with Gasteiger partial charge in [0.2, 0.25) is 0 Å². The normalized spacial score (nSPS) is 10.8. The third-order valence-corrected chi connectivity index (χ3v) is 3.50. The summed E-state index contributed by atoms with van der Waals surface area (Å²) in [7, 11) is 0. The molecule has 0 aliphatic carbocycles. The van der Waals surface area contributed by atoms with Crippen LogP contribution in [0.15, 0.2) is 48.5 Å². The van der Waals surface area contributed by atoms with E-state index in [-0.39, 0.29) is 17.5 Å². The number of carbonyl (C=O) groups excluding carboxylic acids is 1. The fraction of sp³-hybridized carbons (Fsp3) is 0.0625. The summed E-state index contributed by atoms with van der Waals surface area (Å²) >= 11 is 5.71. The number of nitrogens with one attached hydrogen (secondary N) is 2. The largest absolute Gasteiger partial charge is 0.351 e. The van der Waals surface area contributed by atoms with Crippen LogP contribution in [-0.2, 0) is 6.54 Å². The first-order valence-electron chi connectivity index (χ1n) is 6.43. The molecule has 0 atom stereocenters. The van der Waals surface area contributed by atoms with Gasteiger partial charge in [0.25, 0.3) is 5.91 Å². The molecule has 0 bridgehead atoms. The van der Waals surface area contributed by atoms with Crippen LogP contribution in [-0.4, -0.2) is 10.9 Å². The van der Waals surface area contributed by atoms with Crippen molar-refractivity contribution in [3.8, 4) is 0 Å². The number of aromatic nitrogens is 1. The number of fused-ring (bicyclic) bond motifs is 1. The Hall–Kier alpha value is -2.33. The van der Waals surface area contributed by atoms with E-state index in [1.165, 1.54) is 12.1 Å². The maximum Gasteiger partial charge on any atom is 0.267 e. The summed E-state index contributed by atoms with van der Waals surface area (Å²) in [5.74, 6) is -0.686. The van der Waals surface area contributed by atoms with E-state index in [2.05, 4.69) is 10.3 Å². The highest BCUT2D eigenvalue weighted by molar-refractivity contribution is 6.30. The monoisotopic (exact) mass is 302 g/mol. The van der Waals surface area contributed by atoms with Crippen LogP contribution >= 0.6 is 11.6 Å². The lowest BCUT2D eigenvalue weighted by atomic mass is 10.2. The quantitative estimate of drug-likeness (QED) is 0.757. The van der Waals surface area contributed by atoms with Gasteiger partial charge in [-0.2, -0.15) is 0 Å². The van der Waals surface area contributed by atoms with Crippen LogP contribution in [0.5, 0.6) is 0 Å². The van der Waals surface area contributed by atoms with Gasteiger partial charge in [0.05, 0.1) is 5.02 Å². The van der Waals surface area contributed by atoms with Crippen LogP contribution < -0.4 is 5.32 Å². The molecule has 1 aromatic heterocycles. The minimum absolute atomic E-state index is 0.0485. The molecule has 0 fully saturated rings. The molecule has 0 spiro atoms. The van der Waals surface area contributed by atoms with Gasteiger partial charge >= 0.3 is 0 Å². The number of aromatic amines is 1. The second kappa shape index (κ2) is 5.58. The van der Waals surface area contributed by atoms with Crippen molar-refractivity contribution in [2.24, 2.45) is 0 Å². The summed E-state index contributed by atoms with van der Waals surface area (Å²) in [4.78, 5) is 15.1. The number of hydrogen-bond donors (Lipinski definition) is 2. The summed E-state index contributed by atoms with van der Waals surface area (Å²) < 4.78 is 13.1. The van der Waals surface area contributed by atoms with Crippen molar-refractivity contribution in [2.75, 3.05) is 0 Å². The van der Waals surface area contributed by atoms with E-state index in [0.29, 0.717) is 5.69 Å². The molecule has 0 saturated carbocycles. The maximum atomic E-state index is 13.1. The standard InChI is InChI=1S/C16H12ClFN2O/c17-12-7-10(5-6-13(12)18)9-19-16(21)15-8-11-3-1-2-4-14(11)20-15/h1-8,20H,9H2,(H,19,21). The number of halogens is 2. The Morgan fingerprint density at radius 3 is 2.76 bits per heavy atom. The summed E-state index contributed by atoms with van der Waals surface area (Å²) in [6.45, 7) is 0.286. The third-order valence-electron chi connectivity index (χ3n) is 3.21. The first kappa shape index (κ1) is 13.6. The molecule has 3 nitrogen and oxygen atoms in total. The van der Waals surface area contributed by atoms with E-state index in [1.807, 2.05) is 24.3 Å². The van der Waals surface area contributed by atoms with E-state index >= 15 is 0 Å². The number of hydrogen-bond acceptors (Lipinski definition) is 1. The second-order valence-corrected chi connectivity index (χ2v) is 5.11. The number of carbonyl (C=O) groups is 1. The molecular weight excluding hydrogens is 291 g/mol. The number of benzene rings is 2. The topological polar surface area (TPSA) is 44.9 Å². The van der Waals surface area contributed by atoms with Gasteiger partial charge in [-0.05, 0) is 29.8 Å². The van der Waals surface area contributed by atoms with Gasteiger partial charge in [-0.1, -0.05) is 35.9 Å². The lowest BCUT2D eigenvalue weighted by Gasteiger charge is -2.05. The first-order chi connectivity index (χ1) is 10.1. The molecule has 0 aliphatic rings. The molecule has 3 rings (SSSR count). The fourth-order valence-electron chi connectivity index (χ4n) is 2.12. The van der Waals surface area contributed by atoms with Crippen LogP contribution in [0, 0.1) is 5.82 Å². The molecule has 1 amide bonds. The molecule has 1 heterocycles. The number of H-pyrrole nitrogens is 1. The molecule has 3 aromatic rings. The summed E-state index contributed by atoms with van der Waals surface area (Å²) in [6, 6.07) is 13.8. The van der Waals surface area contributed by atoms with E-state index in [9.17, 15) is 9.18 Å². The van der Waals surface area contributed by atoms with Crippen molar-refractivity contribution in [2.45, 2.75) is 6.54 Å². The van der Waals surface area contributed by atoms with Crippen LogP contribution in [0.2, 0.25) is 5.02 Å². The van der Waals surface area contributed by atoms with Crippen molar-refractivity contribution in [1.29, 1.82) is 0 Å². The maximum absolute atomic E-state index is 13.1. The molecular formula is C16H12ClFN2O. The number of rotatable bonds is 3. The van der Waals surface area contributed by atoms with Crippen LogP contribution in [0.25, 0.3) is 10.9 Å². The Balaban J connectivity index is 1.72. The van der Waals surface area contributed by atoms with Gasteiger partial charge in [0.15, 0.2) is 0 Å². The lowest BCUT2D eigenvalue weighted by Crippen LogP contribution is -2.23.